The molecule has 31 heavy (non-hydrogen) atoms. The van der Waals surface area contributed by atoms with Crippen molar-refractivity contribution in [1.29, 1.82) is 0 Å². The molecule has 0 unspecified atom stereocenters. The standard InChI is InChI=1S/C23H23N5O3/c1-16-21(15-24-28(16)20-10-4-3-5-11-20)22(30)26-12-7-13-27(26)23(31)25-19-9-6-8-18(14-19)17(2)29/h3-6,8-11,14-15H,7,12-13H2,1-2H3,(H,25,31). The van der Waals surface area contributed by atoms with Crippen LogP contribution in [0.25, 0.3) is 5.69 Å². The van der Waals surface area contributed by atoms with Gasteiger partial charge in [-0.25, -0.2) is 19.5 Å². The molecule has 3 aromatic rings. The summed E-state index contributed by atoms with van der Waals surface area (Å²) in [5, 5.41) is 9.99. The normalized spacial score (nSPS) is 13.4. The number of carbonyl (C=O) groups is 3. The Hall–Kier alpha value is -3.94. The fraction of sp³-hybridized carbons (Fsp3) is 0.217. The van der Waals surface area contributed by atoms with Crippen LogP contribution < -0.4 is 5.32 Å². The van der Waals surface area contributed by atoms with Crippen molar-refractivity contribution in [1.82, 2.24) is 19.8 Å². The number of amides is 3. The van der Waals surface area contributed by atoms with Gasteiger partial charge in [-0.2, -0.15) is 5.10 Å². The molecule has 0 spiro atoms. The minimum Gasteiger partial charge on any atom is -0.306 e. The first-order chi connectivity index (χ1) is 15.0. The monoisotopic (exact) mass is 417 g/mol. The van der Waals surface area contributed by atoms with Crippen LogP contribution in [0.5, 0.6) is 0 Å². The van der Waals surface area contributed by atoms with Gasteiger partial charge in [0.1, 0.15) is 0 Å². The third-order valence-electron chi connectivity index (χ3n) is 5.26. The number of nitrogens with zero attached hydrogens (tertiary/aromatic N) is 4. The van der Waals surface area contributed by atoms with Gasteiger partial charge in [0.2, 0.25) is 0 Å². The molecule has 3 amide bonds. The van der Waals surface area contributed by atoms with Gasteiger partial charge in [0.15, 0.2) is 5.78 Å². The maximum absolute atomic E-state index is 13.2. The Morgan fingerprint density at radius 2 is 1.71 bits per heavy atom. The second-order valence-corrected chi connectivity index (χ2v) is 7.36. The van der Waals surface area contributed by atoms with E-state index in [9.17, 15) is 14.4 Å². The summed E-state index contributed by atoms with van der Waals surface area (Å²) in [6, 6.07) is 15.9. The first kappa shape index (κ1) is 20.3. The molecule has 2 aromatic carbocycles. The lowest BCUT2D eigenvalue weighted by molar-refractivity contribution is 0.0403. The Morgan fingerprint density at radius 3 is 2.45 bits per heavy atom. The molecular formula is C23H23N5O3. The maximum Gasteiger partial charge on any atom is 0.340 e. The molecule has 2 heterocycles. The number of nitrogens with one attached hydrogen (secondary N) is 1. The molecule has 1 saturated heterocycles. The first-order valence-electron chi connectivity index (χ1n) is 10.1. The van der Waals surface area contributed by atoms with Crippen LogP contribution in [0, 0.1) is 6.92 Å². The molecule has 1 fully saturated rings. The number of aromatic nitrogens is 2. The second-order valence-electron chi connectivity index (χ2n) is 7.36. The molecule has 8 heteroatoms. The number of rotatable bonds is 4. The fourth-order valence-corrected chi connectivity index (χ4v) is 3.63. The van der Waals surface area contributed by atoms with E-state index in [4.69, 9.17) is 0 Å². The number of urea groups is 1. The van der Waals surface area contributed by atoms with Crippen LogP contribution in [0.3, 0.4) is 0 Å². The van der Waals surface area contributed by atoms with E-state index in [1.807, 2.05) is 37.3 Å². The second kappa shape index (κ2) is 8.43. The number of para-hydroxylation sites is 1. The number of hydrazine groups is 1. The molecule has 8 nitrogen and oxygen atoms in total. The van der Waals surface area contributed by atoms with Crippen LogP contribution in [0.4, 0.5) is 10.5 Å². The summed E-state index contributed by atoms with van der Waals surface area (Å²) in [6.45, 7) is 4.17. The zero-order valence-electron chi connectivity index (χ0n) is 17.4. The molecular weight excluding hydrogens is 394 g/mol. The van der Waals surface area contributed by atoms with Gasteiger partial charge in [0.05, 0.1) is 23.1 Å². The Labute approximate surface area is 180 Å². The molecule has 1 aromatic heterocycles. The van der Waals surface area contributed by atoms with E-state index in [1.54, 1.807) is 28.9 Å². The smallest absolute Gasteiger partial charge is 0.306 e. The molecule has 0 atom stereocenters. The van der Waals surface area contributed by atoms with Crippen LogP contribution >= 0.6 is 0 Å². The van der Waals surface area contributed by atoms with Gasteiger partial charge < -0.3 is 5.32 Å². The first-order valence-corrected chi connectivity index (χ1v) is 10.1. The van der Waals surface area contributed by atoms with Crippen molar-refractivity contribution in [3.63, 3.8) is 0 Å². The SMILES string of the molecule is CC(=O)c1cccc(NC(=O)N2CCCN2C(=O)c2cnn(-c3ccccc3)c2C)c1. The van der Waals surface area contributed by atoms with E-state index in [1.165, 1.54) is 23.1 Å². The topological polar surface area (TPSA) is 87.5 Å². The van der Waals surface area contributed by atoms with E-state index in [-0.39, 0.29) is 11.7 Å². The van der Waals surface area contributed by atoms with Crippen molar-refractivity contribution in [2.45, 2.75) is 20.3 Å². The predicted molar refractivity (Wildman–Crippen MR) is 116 cm³/mol. The summed E-state index contributed by atoms with van der Waals surface area (Å²) in [4.78, 5) is 37.7. The predicted octanol–water partition coefficient (Wildman–Crippen LogP) is 3.68. The van der Waals surface area contributed by atoms with E-state index >= 15 is 0 Å². The molecule has 0 saturated carbocycles. The molecule has 158 valence electrons. The Bertz CT molecular complexity index is 1140. The minimum atomic E-state index is -0.417. The highest BCUT2D eigenvalue weighted by atomic mass is 16.2. The fourth-order valence-electron chi connectivity index (χ4n) is 3.63. The molecule has 4 rings (SSSR count). The minimum absolute atomic E-state index is 0.0834. The van der Waals surface area contributed by atoms with Gasteiger partial charge in [-0.3, -0.25) is 9.59 Å². The number of hydrogen-bond acceptors (Lipinski definition) is 4. The quantitative estimate of drug-likeness (QED) is 0.656. The zero-order chi connectivity index (χ0) is 22.0. The van der Waals surface area contributed by atoms with Crippen molar-refractivity contribution in [3.8, 4) is 5.69 Å². The maximum atomic E-state index is 13.2. The lowest BCUT2D eigenvalue weighted by Gasteiger charge is -2.28. The molecule has 1 aliphatic heterocycles. The van der Waals surface area contributed by atoms with Gasteiger partial charge in [-0.05, 0) is 44.5 Å². The van der Waals surface area contributed by atoms with Gasteiger partial charge >= 0.3 is 6.03 Å². The van der Waals surface area contributed by atoms with Crippen LogP contribution in [0.1, 0.15) is 39.8 Å². The van der Waals surface area contributed by atoms with E-state index in [0.29, 0.717) is 42.0 Å². The van der Waals surface area contributed by atoms with Gasteiger partial charge in [0.25, 0.3) is 5.91 Å². The van der Waals surface area contributed by atoms with Crippen LogP contribution in [-0.2, 0) is 0 Å². The van der Waals surface area contributed by atoms with Crippen molar-refractivity contribution in [2.24, 2.45) is 0 Å². The highest BCUT2D eigenvalue weighted by Gasteiger charge is 2.33. The van der Waals surface area contributed by atoms with Crippen molar-refractivity contribution < 1.29 is 14.4 Å². The van der Waals surface area contributed by atoms with E-state index < -0.39 is 6.03 Å². The van der Waals surface area contributed by atoms with Crippen molar-refractivity contribution in [3.05, 3.63) is 77.6 Å². The molecule has 1 N–H and O–H groups in total. The third kappa shape index (κ3) is 4.05. The molecule has 0 radical (unpaired) electrons. The molecule has 0 aliphatic carbocycles. The van der Waals surface area contributed by atoms with E-state index in [2.05, 4.69) is 10.4 Å². The zero-order valence-corrected chi connectivity index (χ0v) is 17.4. The molecule has 1 aliphatic rings. The third-order valence-corrected chi connectivity index (χ3v) is 5.26. The van der Waals surface area contributed by atoms with Crippen LogP contribution in [-0.4, -0.2) is 50.6 Å². The number of hydrogen-bond donors (Lipinski definition) is 1. The van der Waals surface area contributed by atoms with Gasteiger partial charge in [0, 0.05) is 24.3 Å². The Kier molecular flexibility index (Phi) is 5.53. The summed E-state index contributed by atoms with van der Waals surface area (Å²) in [5.41, 5.74) is 3.03. The Balaban J connectivity index is 1.53. The van der Waals surface area contributed by atoms with Crippen LogP contribution in [0.2, 0.25) is 0 Å². The average Bonchev–Trinajstić information content (AvgIpc) is 3.41. The number of benzene rings is 2. The molecule has 0 bridgehead atoms. The Morgan fingerprint density at radius 1 is 0.968 bits per heavy atom. The summed E-state index contributed by atoms with van der Waals surface area (Å²) in [5.74, 6) is -0.357. The van der Waals surface area contributed by atoms with Crippen molar-refractivity contribution in [2.75, 3.05) is 18.4 Å². The lowest BCUT2D eigenvalue weighted by Crippen LogP contribution is -2.46. The van der Waals surface area contributed by atoms with Crippen molar-refractivity contribution >= 4 is 23.4 Å². The summed E-state index contributed by atoms with van der Waals surface area (Å²) in [7, 11) is 0. The highest BCUT2D eigenvalue weighted by molar-refractivity contribution is 5.99. The summed E-state index contributed by atoms with van der Waals surface area (Å²) >= 11 is 0. The number of carbonyl (C=O) groups excluding carboxylic acids is 3. The largest absolute Gasteiger partial charge is 0.340 e. The number of anilines is 1. The number of Topliss-reactive ketones (excluding diaryl/α,β-unsaturated/α-hetero) is 1. The lowest BCUT2D eigenvalue weighted by atomic mass is 10.1. The summed E-state index contributed by atoms with van der Waals surface area (Å²) < 4.78 is 1.71. The van der Waals surface area contributed by atoms with Crippen LogP contribution in [0.15, 0.2) is 60.8 Å². The average molecular weight is 417 g/mol. The van der Waals surface area contributed by atoms with Gasteiger partial charge in [-0.15, -0.1) is 0 Å². The van der Waals surface area contributed by atoms with Gasteiger partial charge in [-0.1, -0.05) is 30.3 Å². The number of ketones is 1. The summed E-state index contributed by atoms with van der Waals surface area (Å²) in [6.07, 6.45) is 2.22. The van der Waals surface area contributed by atoms with E-state index in [0.717, 1.165) is 5.69 Å². The highest BCUT2D eigenvalue weighted by Crippen LogP contribution is 2.21.